The molecule has 2 heterocycles. The molecule has 0 spiro atoms. The highest BCUT2D eigenvalue weighted by molar-refractivity contribution is 6.18. The molecular formula is C33H32N2O5. The van der Waals surface area contributed by atoms with Crippen LogP contribution < -0.4 is 10.2 Å². The highest BCUT2D eigenvalue weighted by atomic mass is 16.7. The van der Waals surface area contributed by atoms with E-state index >= 15 is 0 Å². The molecule has 0 amide bonds. The Bertz CT molecular complexity index is 1690. The Morgan fingerprint density at radius 2 is 1.77 bits per heavy atom. The summed E-state index contributed by atoms with van der Waals surface area (Å²) in [5.41, 5.74) is 7.26. The van der Waals surface area contributed by atoms with E-state index in [2.05, 4.69) is 17.0 Å². The highest BCUT2D eigenvalue weighted by Gasteiger charge is 2.27. The third-order valence-electron chi connectivity index (χ3n) is 8.15. The first kappa shape index (κ1) is 25.9. The third kappa shape index (κ3) is 4.55. The molecule has 2 aliphatic rings. The minimum absolute atomic E-state index is 0.0410. The van der Waals surface area contributed by atoms with Crippen molar-refractivity contribution in [2.45, 2.75) is 52.5 Å². The van der Waals surface area contributed by atoms with Crippen LogP contribution in [0.15, 0.2) is 66.4 Å². The smallest absolute Gasteiger partial charge is 0.335 e. The van der Waals surface area contributed by atoms with Gasteiger partial charge in [-0.15, -0.1) is 0 Å². The first-order valence-corrected chi connectivity index (χ1v) is 14.0. The van der Waals surface area contributed by atoms with E-state index in [1.54, 1.807) is 6.08 Å². The van der Waals surface area contributed by atoms with E-state index in [9.17, 15) is 14.4 Å². The summed E-state index contributed by atoms with van der Waals surface area (Å²) in [7, 11) is 0. The maximum absolute atomic E-state index is 13.6. The monoisotopic (exact) mass is 536 g/mol. The summed E-state index contributed by atoms with van der Waals surface area (Å²) in [6, 6.07) is 17.0. The van der Waals surface area contributed by atoms with Gasteiger partial charge in [0.2, 0.25) is 5.78 Å². The molecule has 7 nitrogen and oxygen atoms in total. The van der Waals surface area contributed by atoms with Gasteiger partial charge in [0, 0.05) is 40.0 Å². The highest BCUT2D eigenvalue weighted by Crippen LogP contribution is 2.36. The molecule has 0 unspecified atom stereocenters. The average Bonchev–Trinajstić information content (AvgIpc) is 3.20. The second-order valence-corrected chi connectivity index (χ2v) is 10.6. The van der Waals surface area contributed by atoms with Gasteiger partial charge in [0.05, 0.1) is 17.0 Å². The zero-order valence-corrected chi connectivity index (χ0v) is 22.8. The molecule has 3 aromatic carbocycles. The summed E-state index contributed by atoms with van der Waals surface area (Å²) < 4.78 is 8.12. The molecule has 0 atom stereocenters. The number of nitrogens with zero attached hydrogens (tertiary/aromatic N) is 1. The minimum Gasteiger partial charge on any atom is -0.489 e. The van der Waals surface area contributed by atoms with Crippen LogP contribution in [0, 0.1) is 12.8 Å². The normalized spacial score (nSPS) is 15.8. The molecule has 1 aliphatic carbocycles. The Labute approximate surface area is 232 Å². The van der Waals surface area contributed by atoms with Crippen molar-refractivity contribution in [2.75, 3.05) is 6.61 Å². The molecule has 0 bridgehead atoms. The van der Waals surface area contributed by atoms with Crippen molar-refractivity contribution in [3.05, 3.63) is 88.6 Å². The van der Waals surface area contributed by atoms with Crippen LogP contribution in [-0.4, -0.2) is 28.7 Å². The van der Waals surface area contributed by atoms with Gasteiger partial charge in [0.25, 0.3) is 0 Å². The molecule has 6 rings (SSSR count). The van der Waals surface area contributed by atoms with Gasteiger partial charge in [-0.2, -0.15) is 0 Å². The first-order valence-electron chi connectivity index (χ1n) is 14.0. The van der Waals surface area contributed by atoms with Crippen LogP contribution in [0.2, 0.25) is 0 Å². The van der Waals surface area contributed by atoms with Gasteiger partial charge < -0.3 is 14.1 Å². The van der Waals surface area contributed by atoms with E-state index in [0.29, 0.717) is 29.0 Å². The summed E-state index contributed by atoms with van der Waals surface area (Å²) in [5.74, 6) is -0.345. The Balaban J connectivity index is 1.36. The van der Waals surface area contributed by atoms with Crippen LogP contribution in [0.5, 0.6) is 5.75 Å². The number of hydroxylamine groups is 1. The molecule has 7 heteroatoms. The maximum atomic E-state index is 13.6. The fraction of sp³-hybridized carbons (Fsp3) is 0.303. The zero-order chi connectivity index (χ0) is 27.8. The number of Topliss-reactive ketones (excluding diaryl/α,β-unsaturated/α-hetero) is 1. The molecule has 1 aliphatic heterocycles. The number of carbonyl (C=O) groups is 3. The quantitative estimate of drug-likeness (QED) is 0.225. The number of ether oxygens (including phenoxy) is 1. The lowest BCUT2D eigenvalue weighted by atomic mass is 9.89. The van der Waals surface area contributed by atoms with Crippen LogP contribution in [0.25, 0.3) is 21.8 Å². The predicted octanol–water partition coefficient (Wildman–Crippen LogP) is 6.44. The molecule has 1 N–H and O–H groups in total. The Morgan fingerprint density at radius 1 is 1.00 bits per heavy atom. The number of hydrogen-bond donors (Lipinski definition) is 1. The zero-order valence-electron chi connectivity index (χ0n) is 22.8. The number of benzene rings is 3. The van der Waals surface area contributed by atoms with Crippen LogP contribution in [0.4, 0.5) is 0 Å². The third-order valence-corrected chi connectivity index (χ3v) is 8.15. The van der Waals surface area contributed by atoms with Gasteiger partial charge >= 0.3 is 5.97 Å². The maximum Gasteiger partial charge on any atom is 0.335 e. The molecular weight excluding hydrogens is 504 g/mol. The second kappa shape index (κ2) is 10.6. The van der Waals surface area contributed by atoms with E-state index in [1.165, 1.54) is 0 Å². The number of aromatic nitrogens is 1. The van der Waals surface area contributed by atoms with Gasteiger partial charge in [-0.3, -0.25) is 9.59 Å². The lowest BCUT2D eigenvalue weighted by molar-refractivity contribution is -0.155. The van der Waals surface area contributed by atoms with Crippen molar-refractivity contribution in [1.82, 2.24) is 10.0 Å². The average molecular weight is 537 g/mol. The van der Waals surface area contributed by atoms with Crippen LogP contribution in [-0.2, 0) is 16.2 Å². The van der Waals surface area contributed by atoms with Gasteiger partial charge in [0.15, 0.2) is 5.78 Å². The Hall–Kier alpha value is -4.39. The molecule has 40 heavy (non-hydrogen) atoms. The van der Waals surface area contributed by atoms with Crippen molar-refractivity contribution < 1.29 is 24.0 Å². The molecule has 4 aromatic rings. The van der Waals surface area contributed by atoms with Crippen molar-refractivity contribution in [1.29, 1.82) is 0 Å². The van der Waals surface area contributed by atoms with Crippen molar-refractivity contribution in [2.24, 2.45) is 5.92 Å². The van der Waals surface area contributed by atoms with E-state index in [4.69, 9.17) is 9.57 Å². The van der Waals surface area contributed by atoms with Gasteiger partial charge in [-0.05, 0) is 62.6 Å². The second-order valence-electron chi connectivity index (χ2n) is 10.6. The standard InChI is InChI=1S/C33H32N2O5/c1-3-35-28-14-13-22(31(36)23-12-8-7-9-20(23)2)17-24(28)25-18-26-30(19-29(25)35)39-16-15-27(32(26)37)34-40-33(38)21-10-5-4-6-11-21/h7-9,12-15,17-19,21,34H,3-6,10-11,16H2,1-2H3. The lowest BCUT2D eigenvalue weighted by Crippen LogP contribution is -2.29. The summed E-state index contributed by atoms with van der Waals surface area (Å²) in [6.45, 7) is 4.86. The molecule has 1 fully saturated rings. The van der Waals surface area contributed by atoms with Crippen LogP contribution in [0.1, 0.15) is 70.9 Å². The van der Waals surface area contributed by atoms with Crippen molar-refractivity contribution in [3.8, 4) is 5.75 Å². The lowest BCUT2D eigenvalue weighted by Gasteiger charge is -2.20. The molecule has 0 saturated heterocycles. The van der Waals surface area contributed by atoms with Gasteiger partial charge in [0.1, 0.15) is 18.1 Å². The molecule has 1 saturated carbocycles. The summed E-state index contributed by atoms with van der Waals surface area (Å²) in [6.07, 6.45) is 6.40. The number of rotatable bonds is 6. The number of nitrogens with one attached hydrogen (secondary N) is 1. The number of allylic oxidation sites excluding steroid dienone is 1. The van der Waals surface area contributed by atoms with Crippen LogP contribution >= 0.6 is 0 Å². The number of hydrogen-bond acceptors (Lipinski definition) is 6. The Kier molecular flexibility index (Phi) is 6.88. The topological polar surface area (TPSA) is 86.6 Å². The molecule has 1 aromatic heterocycles. The number of ketones is 2. The number of carbonyl (C=O) groups excluding carboxylic acids is 3. The molecule has 0 radical (unpaired) electrons. The van der Waals surface area contributed by atoms with E-state index in [-0.39, 0.29) is 35.8 Å². The summed E-state index contributed by atoms with van der Waals surface area (Å²) in [4.78, 5) is 44.9. The Morgan fingerprint density at radius 3 is 2.55 bits per heavy atom. The van der Waals surface area contributed by atoms with Gasteiger partial charge in [-0.25, -0.2) is 10.3 Å². The number of aryl methyl sites for hydroxylation is 2. The van der Waals surface area contributed by atoms with Crippen molar-refractivity contribution in [3.63, 3.8) is 0 Å². The minimum atomic E-state index is -0.328. The SMILES string of the molecule is CCn1c2ccc(C(=O)c3ccccc3C)cc2c2cc3c(cc21)OCC=C(NOC(=O)C1CCCCC1)C3=O. The van der Waals surface area contributed by atoms with E-state index < -0.39 is 0 Å². The van der Waals surface area contributed by atoms with Gasteiger partial charge in [-0.1, -0.05) is 43.5 Å². The van der Waals surface area contributed by atoms with Crippen LogP contribution in [0.3, 0.4) is 0 Å². The fourth-order valence-corrected chi connectivity index (χ4v) is 5.95. The molecule has 204 valence electrons. The first-order chi connectivity index (χ1) is 19.5. The van der Waals surface area contributed by atoms with Crippen molar-refractivity contribution >= 4 is 39.3 Å². The predicted molar refractivity (Wildman–Crippen MR) is 153 cm³/mol. The summed E-state index contributed by atoms with van der Waals surface area (Å²) in [5, 5.41) is 1.74. The van der Waals surface area contributed by atoms with E-state index in [1.807, 2.05) is 61.5 Å². The number of fused-ring (bicyclic) bond motifs is 4. The van der Waals surface area contributed by atoms with E-state index in [0.717, 1.165) is 59.5 Å². The largest absolute Gasteiger partial charge is 0.489 e. The fourth-order valence-electron chi connectivity index (χ4n) is 5.95. The summed E-state index contributed by atoms with van der Waals surface area (Å²) >= 11 is 0.